The zero-order valence-electron chi connectivity index (χ0n) is 10.5. The van der Waals surface area contributed by atoms with Crippen molar-refractivity contribution < 1.29 is 13.2 Å². The van der Waals surface area contributed by atoms with Gasteiger partial charge in [-0.25, -0.2) is 0 Å². The van der Waals surface area contributed by atoms with Crippen LogP contribution in [0.25, 0.3) is 0 Å². The second-order valence-corrected chi connectivity index (χ2v) is 5.81. The first-order valence-electron chi connectivity index (χ1n) is 5.52. The van der Waals surface area contributed by atoms with Gasteiger partial charge in [0, 0.05) is 17.6 Å². The Morgan fingerprint density at radius 1 is 1.33 bits per heavy atom. The van der Waals surface area contributed by atoms with Crippen LogP contribution in [-0.4, -0.2) is 21.9 Å². The van der Waals surface area contributed by atoms with Gasteiger partial charge in [0.1, 0.15) is 0 Å². The molecule has 0 radical (unpaired) electrons. The van der Waals surface area contributed by atoms with E-state index in [0.29, 0.717) is 24.5 Å². The first kappa shape index (κ1) is 15.2. The van der Waals surface area contributed by atoms with Crippen LogP contribution in [0.1, 0.15) is 33.0 Å². The third-order valence-electron chi connectivity index (χ3n) is 2.48. The maximum atomic E-state index is 12.4. The van der Waals surface area contributed by atoms with E-state index >= 15 is 0 Å². The lowest BCUT2D eigenvalue weighted by atomic mass is 9.85. The Bertz CT molecular complexity index is 383. The monoisotopic (exact) mass is 282 g/mol. The number of aromatic nitrogens is 2. The summed E-state index contributed by atoms with van der Waals surface area (Å²) in [4.78, 5) is 3.45. The third-order valence-corrected chi connectivity index (χ3v) is 3.12. The molecule has 1 aromatic heterocycles. The van der Waals surface area contributed by atoms with E-state index in [1.165, 1.54) is 0 Å². The molecule has 0 aromatic carbocycles. The Morgan fingerprint density at radius 2 is 1.94 bits per heavy atom. The van der Waals surface area contributed by atoms with Crippen LogP contribution in [0.3, 0.4) is 0 Å². The van der Waals surface area contributed by atoms with Crippen molar-refractivity contribution in [2.75, 3.05) is 11.9 Å². The molecule has 1 unspecified atom stereocenters. The van der Waals surface area contributed by atoms with E-state index < -0.39 is 12.0 Å². The smallest absolute Gasteiger partial charge is 0.357 e. The Morgan fingerprint density at radius 3 is 2.33 bits per heavy atom. The van der Waals surface area contributed by atoms with Gasteiger partial charge in [-0.1, -0.05) is 20.8 Å². The van der Waals surface area contributed by atoms with Gasteiger partial charge in [-0.2, -0.15) is 22.5 Å². The van der Waals surface area contributed by atoms with E-state index in [-0.39, 0.29) is 16.6 Å². The van der Waals surface area contributed by atoms with Crippen LogP contribution in [0, 0.1) is 5.41 Å². The molecule has 1 aromatic rings. The normalized spacial score (nSPS) is 14.6. The average molecular weight is 282 g/mol. The minimum Gasteiger partial charge on any atom is -0.357 e. The largest absolute Gasteiger partial charge is 0.452 e. The van der Waals surface area contributed by atoms with Gasteiger partial charge in [0.2, 0.25) is 11.0 Å². The maximum absolute atomic E-state index is 12.4. The van der Waals surface area contributed by atoms with Crippen LogP contribution in [0.15, 0.2) is 0 Å². The molecule has 104 valence electrons. The average Bonchev–Trinajstić information content (AvgIpc) is 2.63. The number of anilines is 1. The fraction of sp³-hybridized carbons (Fsp3) is 0.800. The van der Waals surface area contributed by atoms with Crippen LogP contribution < -0.4 is 11.1 Å². The van der Waals surface area contributed by atoms with Gasteiger partial charge in [0.15, 0.2) is 0 Å². The number of nitrogens with one attached hydrogen (secondary N) is 1. The fourth-order valence-electron chi connectivity index (χ4n) is 1.43. The summed E-state index contributed by atoms with van der Waals surface area (Å²) in [5.74, 6) is -1.10. The van der Waals surface area contributed by atoms with E-state index in [9.17, 15) is 13.2 Å². The van der Waals surface area contributed by atoms with Crippen molar-refractivity contribution >= 4 is 16.7 Å². The molecule has 0 saturated carbocycles. The highest BCUT2D eigenvalue weighted by Crippen LogP contribution is 2.31. The Balaban J connectivity index is 2.79. The number of alkyl halides is 3. The minimum atomic E-state index is -4.50. The summed E-state index contributed by atoms with van der Waals surface area (Å²) in [5.41, 5.74) is 5.38. The Labute approximate surface area is 108 Å². The molecule has 1 heterocycles. The standard InChI is InChI=1S/C10H17F3N4S/c1-9(2,3)6(4-5-14)15-8-16-7(17-18-8)10(11,12)13/h6H,4-5,14H2,1-3H3,(H,15,16,17). The number of nitrogens with two attached hydrogens (primary N) is 1. The van der Waals surface area contributed by atoms with Crippen LogP contribution >= 0.6 is 11.5 Å². The van der Waals surface area contributed by atoms with Gasteiger partial charge in [-0.15, -0.1) is 0 Å². The molecule has 8 heteroatoms. The second kappa shape index (κ2) is 5.40. The summed E-state index contributed by atoms with van der Waals surface area (Å²) in [6.45, 7) is 6.43. The zero-order valence-corrected chi connectivity index (χ0v) is 11.3. The van der Waals surface area contributed by atoms with Crippen molar-refractivity contribution in [2.24, 2.45) is 11.1 Å². The van der Waals surface area contributed by atoms with E-state index in [2.05, 4.69) is 14.7 Å². The first-order chi connectivity index (χ1) is 8.14. The van der Waals surface area contributed by atoms with Gasteiger partial charge < -0.3 is 11.1 Å². The van der Waals surface area contributed by atoms with Crippen LogP contribution in [0.5, 0.6) is 0 Å². The number of halogens is 3. The molecule has 18 heavy (non-hydrogen) atoms. The molecule has 0 spiro atoms. The zero-order chi connectivity index (χ0) is 14.0. The van der Waals surface area contributed by atoms with E-state index in [1.54, 1.807) is 0 Å². The van der Waals surface area contributed by atoms with Crippen molar-refractivity contribution in [1.29, 1.82) is 0 Å². The molecule has 0 aliphatic heterocycles. The maximum Gasteiger partial charge on any atom is 0.452 e. The lowest BCUT2D eigenvalue weighted by Gasteiger charge is -2.30. The molecule has 4 nitrogen and oxygen atoms in total. The van der Waals surface area contributed by atoms with Gasteiger partial charge in [-0.3, -0.25) is 0 Å². The molecule has 0 bridgehead atoms. The number of hydrogen-bond acceptors (Lipinski definition) is 5. The predicted molar refractivity (Wildman–Crippen MR) is 65.4 cm³/mol. The molecule has 0 saturated heterocycles. The van der Waals surface area contributed by atoms with E-state index in [1.807, 2.05) is 20.8 Å². The summed E-state index contributed by atoms with van der Waals surface area (Å²) < 4.78 is 40.4. The minimum absolute atomic E-state index is 0.0449. The third kappa shape index (κ3) is 4.09. The van der Waals surface area contributed by atoms with Crippen LogP contribution in [0.2, 0.25) is 0 Å². The lowest BCUT2D eigenvalue weighted by Crippen LogP contribution is -2.35. The molecule has 0 amide bonds. The number of nitrogens with zero attached hydrogens (tertiary/aromatic N) is 2. The van der Waals surface area contributed by atoms with E-state index in [4.69, 9.17) is 5.73 Å². The molecule has 0 aliphatic rings. The van der Waals surface area contributed by atoms with Gasteiger partial charge in [-0.05, 0) is 18.4 Å². The van der Waals surface area contributed by atoms with Gasteiger partial charge in [0.25, 0.3) is 0 Å². The van der Waals surface area contributed by atoms with Crippen molar-refractivity contribution in [1.82, 2.24) is 9.36 Å². The Kier molecular flexibility index (Phi) is 4.55. The van der Waals surface area contributed by atoms with Gasteiger partial charge >= 0.3 is 6.18 Å². The summed E-state index contributed by atoms with van der Waals surface area (Å²) in [6.07, 6.45) is -3.84. The molecule has 0 fully saturated rings. The summed E-state index contributed by atoms with van der Waals surface area (Å²) in [5, 5.41) is 3.15. The van der Waals surface area contributed by atoms with Crippen molar-refractivity contribution in [2.45, 2.75) is 39.4 Å². The molecular formula is C10H17F3N4S. The summed E-state index contributed by atoms with van der Waals surface area (Å²) in [7, 11) is 0. The fourth-order valence-corrected chi connectivity index (χ4v) is 2.07. The van der Waals surface area contributed by atoms with Crippen molar-refractivity contribution in [3.05, 3.63) is 5.82 Å². The molecule has 1 rings (SSSR count). The SMILES string of the molecule is CC(C)(C)C(CCN)Nc1nc(C(F)(F)F)ns1. The molecular weight excluding hydrogens is 265 g/mol. The summed E-state index contributed by atoms with van der Waals surface area (Å²) in [6, 6.07) is -0.0449. The van der Waals surface area contributed by atoms with Crippen LogP contribution in [0.4, 0.5) is 18.3 Å². The summed E-state index contributed by atoms with van der Waals surface area (Å²) >= 11 is 0.714. The molecule has 0 aliphatic carbocycles. The van der Waals surface area contributed by atoms with Crippen molar-refractivity contribution in [3.8, 4) is 0 Å². The lowest BCUT2D eigenvalue weighted by molar-refractivity contribution is -0.144. The first-order valence-corrected chi connectivity index (χ1v) is 6.29. The quantitative estimate of drug-likeness (QED) is 0.891. The highest BCUT2D eigenvalue weighted by molar-refractivity contribution is 7.09. The highest BCUT2D eigenvalue weighted by Gasteiger charge is 2.36. The highest BCUT2D eigenvalue weighted by atomic mass is 32.1. The number of rotatable bonds is 4. The molecule has 3 N–H and O–H groups in total. The van der Waals surface area contributed by atoms with Crippen LogP contribution in [-0.2, 0) is 6.18 Å². The second-order valence-electron chi connectivity index (χ2n) is 5.06. The topological polar surface area (TPSA) is 63.8 Å². The molecule has 1 atom stereocenters. The van der Waals surface area contributed by atoms with Gasteiger partial charge in [0.05, 0.1) is 0 Å². The van der Waals surface area contributed by atoms with E-state index in [0.717, 1.165) is 0 Å². The number of hydrogen-bond donors (Lipinski definition) is 2. The predicted octanol–water partition coefficient (Wildman–Crippen LogP) is 2.73. The van der Waals surface area contributed by atoms with Crippen molar-refractivity contribution in [3.63, 3.8) is 0 Å². The Hall–Kier alpha value is -0.890.